The second-order valence-corrected chi connectivity index (χ2v) is 9.35. The molecule has 1 aliphatic rings. The Bertz CT molecular complexity index is 978. The topological polar surface area (TPSA) is 91.3 Å². The Morgan fingerprint density at radius 2 is 1.79 bits per heavy atom. The second-order valence-electron chi connectivity index (χ2n) is 6.80. The van der Waals surface area contributed by atoms with Gasteiger partial charge in [-0.3, -0.25) is 0 Å². The van der Waals surface area contributed by atoms with Gasteiger partial charge in [-0.1, -0.05) is 23.2 Å². The molecular formula is C17H22Cl2N6O2S. The summed E-state index contributed by atoms with van der Waals surface area (Å²) in [5.41, 5.74) is 0.623. The molecule has 0 bridgehead atoms. The van der Waals surface area contributed by atoms with E-state index in [-0.39, 0.29) is 16.5 Å². The molecule has 28 heavy (non-hydrogen) atoms. The van der Waals surface area contributed by atoms with Gasteiger partial charge in [0.05, 0.1) is 11.6 Å². The molecule has 0 radical (unpaired) electrons. The summed E-state index contributed by atoms with van der Waals surface area (Å²) < 4.78 is 28.0. The Kier molecular flexibility index (Phi) is 6.28. The van der Waals surface area contributed by atoms with Crippen LogP contribution in [0, 0.1) is 6.92 Å². The zero-order valence-electron chi connectivity index (χ0n) is 15.9. The first-order chi connectivity index (χ1) is 13.2. The van der Waals surface area contributed by atoms with E-state index in [1.54, 1.807) is 11.8 Å². The number of halogens is 2. The first-order valence-electron chi connectivity index (χ1n) is 8.80. The number of rotatable bonds is 6. The third kappa shape index (κ3) is 4.65. The molecule has 11 heteroatoms. The Hall–Kier alpha value is -1.68. The molecule has 2 aromatic rings. The molecule has 8 nitrogen and oxygen atoms in total. The van der Waals surface area contributed by atoms with Crippen molar-refractivity contribution in [1.29, 1.82) is 0 Å². The van der Waals surface area contributed by atoms with Gasteiger partial charge in [0.1, 0.15) is 4.90 Å². The molecule has 0 saturated carbocycles. The summed E-state index contributed by atoms with van der Waals surface area (Å²) in [4.78, 5) is 17.1. The second kappa shape index (κ2) is 8.36. The maximum atomic E-state index is 12.7. The fourth-order valence-electron chi connectivity index (χ4n) is 2.81. The molecule has 1 aromatic carbocycles. The van der Waals surface area contributed by atoms with Crippen LogP contribution in [0.5, 0.6) is 0 Å². The minimum Gasteiger partial charge on any atom is -0.347 e. The van der Waals surface area contributed by atoms with Gasteiger partial charge >= 0.3 is 0 Å². The zero-order valence-corrected chi connectivity index (χ0v) is 18.2. The number of benzene rings is 1. The highest BCUT2D eigenvalue weighted by molar-refractivity contribution is 7.89. The first-order valence-corrected chi connectivity index (χ1v) is 11.0. The van der Waals surface area contributed by atoms with Crippen molar-refractivity contribution in [1.82, 2.24) is 19.7 Å². The maximum absolute atomic E-state index is 12.7. The van der Waals surface area contributed by atoms with Crippen molar-refractivity contribution in [2.45, 2.75) is 31.2 Å². The van der Waals surface area contributed by atoms with Crippen molar-refractivity contribution in [2.75, 3.05) is 37.0 Å². The smallest absolute Gasteiger partial charge is 0.242 e. The van der Waals surface area contributed by atoms with E-state index in [0.717, 1.165) is 25.9 Å². The van der Waals surface area contributed by atoms with Gasteiger partial charge in [-0.15, -0.1) is 0 Å². The lowest BCUT2D eigenvalue weighted by atomic mass is 10.2. The highest BCUT2D eigenvalue weighted by Crippen LogP contribution is 2.28. The van der Waals surface area contributed by atoms with Gasteiger partial charge < -0.3 is 9.80 Å². The van der Waals surface area contributed by atoms with Crippen LogP contribution in [-0.4, -0.2) is 50.6 Å². The molecule has 1 aliphatic heterocycles. The van der Waals surface area contributed by atoms with Gasteiger partial charge in [0.2, 0.25) is 21.9 Å². The average molecular weight is 445 g/mol. The molecule has 2 heterocycles. The Morgan fingerprint density at radius 1 is 1.11 bits per heavy atom. The minimum atomic E-state index is -3.86. The summed E-state index contributed by atoms with van der Waals surface area (Å²) in [6.07, 6.45) is 2.17. The van der Waals surface area contributed by atoms with Gasteiger partial charge in [0.15, 0.2) is 5.82 Å². The summed E-state index contributed by atoms with van der Waals surface area (Å²) in [7, 11) is -0.208. The van der Waals surface area contributed by atoms with Crippen molar-refractivity contribution >= 4 is 45.1 Å². The van der Waals surface area contributed by atoms with Crippen LogP contribution < -0.4 is 14.5 Å². The molecule has 0 spiro atoms. The first kappa shape index (κ1) is 21.0. The highest BCUT2D eigenvalue weighted by atomic mass is 35.5. The molecule has 152 valence electrons. The highest BCUT2D eigenvalue weighted by Gasteiger charge is 2.22. The number of sulfonamides is 1. The molecule has 3 rings (SSSR count). The lowest BCUT2D eigenvalue weighted by Gasteiger charge is -2.19. The molecular weight excluding hydrogens is 423 g/mol. The number of hydrogen-bond donors (Lipinski definition) is 1. The van der Waals surface area contributed by atoms with Crippen LogP contribution in [0.4, 0.5) is 11.9 Å². The van der Waals surface area contributed by atoms with Crippen LogP contribution in [0.2, 0.25) is 10.0 Å². The van der Waals surface area contributed by atoms with E-state index < -0.39 is 10.0 Å². The summed E-state index contributed by atoms with van der Waals surface area (Å²) in [6.45, 7) is 3.39. The Balaban J connectivity index is 1.86. The summed E-state index contributed by atoms with van der Waals surface area (Å²) in [5.74, 6) is 1.38. The van der Waals surface area contributed by atoms with Gasteiger partial charge in [0, 0.05) is 32.2 Å². The maximum Gasteiger partial charge on any atom is 0.242 e. The lowest BCUT2D eigenvalue weighted by Crippen LogP contribution is -2.28. The van der Waals surface area contributed by atoms with Gasteiger partial charge in [0.25, 0.3) is 0 Å². The number of aryl methyl sites for hydroxylation is 1. The minimum absolute atomic E-state index is 0.0299. The van der Waals surface area contributed by atoms with Crippen molar-refractivity contribution in [3.8, 4) is 0 Å². The molecule has 0 unspecified atom stereocenters. The van der Waals surface area contributed by atoms with E-state index in [4.69, 9.17) is 23.2 Å². The Morgan fingerprint density at radius 3 is 2.43 bits per heavy atom. The van der Waals surface area contributed by atoms with Crippen molar-refractivity contribution in [2.24, 2.45) is 0 Å². The van der Waals surface area contributed by atoms with Gasteiger partial charge in [-0.25, -0.2) is 13.1 Å². The lowest BCUT2D eigenvalue weighted by molar-refractivity contribution is 0.579. The summed E-state index contributed by atoms with van der Waals surface area (Å²) in [6, 6.07) is 2.87. The molecule has 0 aliphatic carbocycles. The molecule has 1 fully saturated rings. The summed E-state index contributed by atoms with van der Waals surface area (Å²) >= 11 is 12.1. The number of nitrogens with one attached hydrogen (secondary N) is 1. The predicted octanol–water partition coefficient (Wildman–Crippen LogP) is 2.63. The molecule has 0 atom stereocenters. The van der Waals surface area contributed by atoms with Crippen LogP contribution in [0.15, 0.2) is 17.0 Å². The van der Waals surface area contributed by atoms with Crippen molar-refractivity contribution < 1.29 is 8.42 Å². The molecule has 1 saturated heterocycles. The molecule has 0 amide bonds. The van der Waals surface area contributed by atoms with E-state index in [2.05, 4.69) is 24.6 Å². The van der Waals surface area contributed by atoms with Crippen molar-refractivity contribution in [3.05, 3.63) is 33.6 Å². The zero-order chi connectivity index (χ0) is 20.5. The van der Waals surface area contributed by atoms with E-state index in [1.165, 1.54) is 12.1 Å². The molecule has 1 aromatic heterocycles. The fourth-order valence-corrected chi connectivity index (χ4v) is 4.62. The van der Waals surface area contributed by atoms with E-state index in [0.29, 0.717) is 28.3 Å². The van der Waals surface area contributed by atoms with Gasteiger partial charge in [-0.2, -0.15) is 15.0 Å². The number of nitrogens with zero attached hydrogens (tertiary/aromatic N) is 5. The normalized spacial score (nSPS) is 14.5. The number of anilines is 2. The summed E-state index contributed by atoms with van der Waals surface area (Å²) in [5, 5.41) is 0.470. The van der Waals surface area contributed by atoms with E-state index in [9.17, 15) is 8.42 Å². The van der Waals surface area contributed by atoms with Gasteiger partial charge in [-0.05, 0) is 37.5 Å². The standard InChI is InChI=1S/C17H22Cl2N6O2S/c1-11-8-14(13(19)9-12(11)18)28(26,27)20-10-15-21-16(24(2)3)23-17(22-15)25-6-4-5-7-25/h8-9,20H,4-7,10H2,1-3H3. The molecule has 1 N–H and O–H groups in total. The average Bonchev–Trinajstić information content (AvgIpc) is 3.17. The predicted molar refractivity (Wildman–Crippen MR) is 111 cm³/mol. The van der Waals surface area contributed by atoms with Crippen LogP contribution >= 0.6 is 23.2 Å². The van der Waals surface area contributed by atoms with E-state index in [1.807, 2.05) is 14.1 Å². The van der Waals surface area contributed by atoms with Crippen LogP contribution in [0.3, 0.4) is 0 Å². The number of hydrogen-bond acceptors (Lipinski definition) is 7. The van der Waals surface area contributed by atoms with Crippen molar-refractivity contribution in [3.63, 3.8) is 0 Å². The SMILES string of the molecule is Cc1cc(S(=O)(=O)NCc2nc(N(C)C)nc(N3CCCC3)n2)c(Cl)cc1Cl. The van der Waals surface area contributed by atoms with E-state index >= 15 is 0 Å². The largest absolute Gasteiger partial charge is 0.347 e. The Labute approximate surface area is 174 Å². The van der Waals surface area contributed by atoms with Crippen LogP contribution in [-0.2, 0) is 16.6 Å². The quantitative estimate of drug-likeness (QED) is 0.731. The van der Waals surface area contributed by atoms with Crippen LogP contribution in [0.25, 0.3) is 0 Å². The monoisotopic (exact) mass is 444 g/mol. The number of aromatic nitrogens is 3. The third-order valence-corrected chi connectivity index (χ3v) is 6.64. The van der Waals surface area contributed by atoms with Crippen LogP contribution in [0.1, 0.15) is 24.2 Å². The third-order valence-electron chi connectivity index (χ3n) is 4.37. The fraction of sp³-hybridized carbons (Fsp3) is 0.471.